The highest BCUT2D eigenvalue weighted by molar-refractivity contribution is 7.12. The summed E-state index contributed by atoms with van der Waals surface area (Å²) in [6, 6.07) is 7.41. The molecule has 1 unspecified atom stereocenters. The quantitative estimate of drug-likeness (QED) is 0.842. The van der Waals surface area contributed by atoms with Gasteiger partial charge < -0.3 is 10.1 Å². The van der Waals surface area contributed by atoms with E-state index in [-0.39, 0.29) is 17.6 Å². The average molecular weight is 307 g/mol. The molecule has 2 rings (SSSR count). The van der Waals surface area contributed by atoms with Crippen LogP contribution < -0.4 is 10.1 Å². The van der Waals surface area contributed by atoms with Gasteiger partial charge in [0, 0.05) is 9.75 Å². The van der Waals surface area contributed by atoms with E-state index in [9.17, 15) is 4.39 Å². The summed E-state index contributed by atoms with van der Waals surface area (Å²) in [5.74, 6) is -0.0332. The van der Waals surface area contributed by atoms with Gasteiger partial charge in [-0.05, 0) is 56.1 Å². The first-order valence-corrected chi connectivity index (χ1v) is 8.02. The first kappa shape index (κ1) is 16.0. The maximum Gasteiger partial charge on any atom is 0.165 e. The van der Waals surface area contributed by atoms with E-state index in [1.165, 1.54) is 22.4 Å². The van der Waals surface area contributed by atoms with Crippen molar-refractivity contribution in [3.63, 3.8) is 0 Å². The van der Waals surface area contributed by atoms with Crippen LogP contribution in [0.5, 0.6) is 5.75 Å². The highest BCUT2D eigenvalue weighted by atomic mass is 32.1. The first-order chi connectivity index (χ1) is 10.1. The molecule has 1 N–H and O–H groups in total. The van der Waals surface area contributed by atoms with Crippen molar-refractivity contribution in [1.82, 2.24) is 5.32 Å². The number of hydrogen-bond donors (Lipinski definition) is 1. The summed E-state index contributed by atoms with van der Waals surface area (Å²) in [5.41, 5.74) is 2.16. The SMILES string of the molecule is CCCNC(c1ccc(OC)c(F)c1)c1cc(C)sc1C. The van der Waals surface area contributed by atoms with E-state index in [2.05, 4.69) is 32.2 Å². The first-order valence-electron chi connectivity index (χ1n) is 7.20. The molecular weight excluding hydrogens is 285 g/mol. The molecule has 0 radical (unpaired) electrons. The Hall–Kier alpha value is -1.39. The Morgan fingerprint density at radius 3 is 2.57 bits per heavy atom. The van der Waals surface area contributed by atoms with Crippen LogP contribution in [0, 0.1) is 19.7 Å². The van der Waals surface area contributed by atoms with Crippen molar-refractivity contribution in [2.45, 2.75) is 33.2 Å². The number of rotatable bonds is 6. The molecule has 1 aromatic heterocycles. The second-order valence-electron chi connectivity index (χ2n) is 5.15. The molecule has 2 aromatic rings. The van der Waals surface area contributed by atoms with Gasteiger partial charge in [0.1, 0.15) is 0 Å². The molecule has 0 amide bonds. The van der Waals surface area contributed by atoms with Gasteiger partial charge in [0.05, 0.1) is 13.2 Å². The van der Waals surface area contributed by atoms with Crippen LogP contribution in [-0.4, -0.2) is 13.7 Å². The molecule has 0 fully saturated rings. The van der Waals surface area contributed by atoms with E-state index in [1.807, 2.05) is 6.07 Å². The van der Waals surface area contributed by atoms with Crippen LogP contribution in [0.2, 0.25) is 0 Å². The maximum absolute atomic E-state index is 14.0. The van der Waals surface area contributed by atoms with E-state index < -0.39 is 0 Å². The summed E-state index contributed by atoms with van der Waals surface area (Å²) < 4.78 is 19.0. The molecule has 0 saturated carbocycles. The third kappa shape index (κ3) is 3.63. The van der Waals surface area contributed by atoms with Crippen molar-refractivity contribution in [2.75, 3.05) is 13.7 Å². The Morgan fingerprint density at radius 1 is 1.29 bits per heavy atom. The lowest BCUT2D eigenvalue weighted by atomic mass is 9.98. The minimum absolute atomic E-state index is 0.0234. The molecular formula is C17H22FNOS. The topological polar surface area (TPSA) is 21.3 Å². The fourth-order valence-corrected chi connectivity index (χ4v) is 3.46. The van der Waals surface area contributed by atoms with Crippen molar-refractivity contribution in [3.05, 3.63) is 51.0 Å². The number of methoxy groups -OCH3 is 1. The minimum Gasteiger partial charge on any atom is -0.494 e. The Kier molecular flexibility index (Phi) is 5.37. The molecule has 0 aliphatic heterocycles. The number of nitrogens with one attached hydrogen (secondary N) is 1. The maximum atomic E-state index is 14.0. The van der Waals surface area contributed by atoms with Crippen molar-refractivity contribution in [3.8, 4) is 5.75 Å². The fourth-order valence-electron chi connectivity index (χ4n) is 2.50. The molecule has 4 heteroatoms. The number of benzene rings is 1. The molecule has 21 heavy (non-hydrogen) atoms. The third-order valence-electron chi connectivity index (χ3n) is 3.50. The van der Waals surface area contributed by atoms with Gasteiger partial charge in [0.15, 0.2) is 11.6 Å². The Labute approximate surface area is 130 Å². The predicted molar refractivity (Wildman–Crippen MR) is 86.9 cm³/mol. The Balaban J connectivity index is 2.40. The van der Waals surface area contributed by atoms with Crippen LogP contribution in [0.15, 0.2) is 24.3 Å². The summed E-state index contributed by atoms with van der Waals surface area (Å²) in [4.78, 5) is 2.55. The van der Waals surface area contributed by atoms with Gasteiger partial charge in [-0.1, -0.05) is 13.0 Å². The van der Waals surface area contributed by atoms with Gasteiger partial charge in [-0.2, -0.15) is 0 Å². The van der Waals surface area contributed by atoms with E-state index in [0.717, 1.165) is 18.5 Å². The Morgan fingerprint density at radius 2 is 2.05 bits per heavy atom. The van der Waals surface area contributed by atoms with Crippen molar-refractivity contribution in [2.24, 2.45) is 0 Å². The zero-order chi connectivity index (χ0) is 15.4. The summed E-state index contributed by atoms with van der Waals surface area (Å²) in [6.07, 6.45) is 1.04. The van der Waals surface area contributed by atoms with Gasteiger partial charge in [-0.3, -0.25) is 0 Å². The molecule has 0 aliphatic carbocycles. The highest BCUT2D eigenvalue weighted by Gasteiger charge is 2.19. The van der Waals surface area contributed by atoms with E-state index in [4.69, 9.17) is 4.74 Å². The third-order valence-corrected chi connectivity index (χ3v) is 4.48. The molecule has 0 aliphatic rings. The predicted octanol–water partition coefficient (Wildman–Crippen LogP) is 4.60. The summed E-state index contributed by atoms with van der Waals surface area (Å²) in [7, 11) is 1.48. The van der Waals surface area contributed by atoms with Gasteiger partial charge in [0.2, 0.25) is 0 Å². The zero-order valence-corrected chi connectivity index (χ0v) is 13.8. The zero-order valence-electron chi connectivity index (χ0n) is 13.0. The lowest BCUT2D eigenvalue weighted by Gasteiger charge is -2.20. The number of hydrogen-bond acceptors (Lipinski definition) is 3. The van der Waals surface area contributed by atoms with E-state index in [1.54, 1.807) is 23.5 Å². The summed E-state index contributed by atoms with van der Waals surface area (Å²) in [6.45, 7) is 7.25. The van der Waals surface area contributed by atoms with Crippen molar-refractivity contribution >= 4 is 11.3 Å². The van der Waals surface area contributed by atoms with Gasteiger partial charge in [0.25, 0.3) is 0 Å². The smallest absolute Gasteiger partial charge is 0.165 e. The molecule has 1 aromatic carbocycles. The lowest BCUT2D eigenvalue weighted by molar-refractivity contribution is 0.385. The summed E-state index contributed by atoms with van der Waals surface area (Å²) >= 11 is 1.78. The summed E-state index contributed by atoms with van der Waals surface area (Å²) in [5, 5.41) is 3.52. The normalized spacial score (nSPS) is 12.4. The monoisotopic (exact) mass is 307 g/mol. The highest BCUT2D eigenvalue weighted by Crippen LogP contribution is 2.32. The van der Waals surface area contributed by atoms with Crippen LogP contribution in [0.25, 0.3) is 0 Å². The van der Waals surface area contributed by atoms with Crippen molar-refractivity contribution < 1.29 is 9.13 Å². The molecule has 0 bridgehead atoms. The minimum atomic E-state index is -0.317. The fraction of sp³-hybridized carbons (Fsp3) is 0.412. The molecule has 2 nitrogen and oxygen atoms in total. The van der Waals surface area contributed by atoms with Crippen LogP contribution in [0.1, 0.15) is 40.3 Å². The standard InChI is InChI=1S/C17H22FNOS/c1-5-8-19-17(14-9-11(2)21-12(14)3)13-6-7-16(20-4)15(18)10-13/h6-7,9-10,17,19H,5,8H2,1-4H3. The van der Waals surface area contributed by atoms with Crippen LogP contribution in [-0.2, 0) is 0 Å². The number of aryl methyl sites for hydroxylation is 2. The lowest BCUT2D eigenvalue weighted by Crippen LogP contribution is -2.23. The van der Waals surface area contributed by atoms with E-state index in [0.29, 0.717) is 0 Å². The molecule has 0 spiro atoms. The van der Waals surface area contributed by atoms with E-state index >= 15 is 0 Å². The van der Waals surface area contributed by atoms with Gasteiger partial charge in [-0.25, -0.2) is 4.39 Å². The number of halogens is 1. The van der Waals surface area contributed by atoms with Crippen LogP contribution in [0.3, 0.4) is 0 Å². The molecule has 0 saturated heterocycles. The Bertz CT molecular complexity index is 609. The molecule has 114 valence electrons. The van der Waals surface area contributed by atoms with Crippen LogP contribution in [0.4, 0.5) is 4.39 Å². The second kappa shape index (κ2) is 7.05. The van der Waals surface area contributed by atoms with Crippen LogP contribution >= 0.6 is 11.3 Å². The van der Waals surface area contributed by atoms with Gasteiger partial charge in [-0.15, -0.1) is 11.3 Å². The van der Waals surface area contributed by atoms with Crippen molar-refractivity contribution in [1.29, 1.82) is 0 Å². The largest absolute Gasteiger partial charge is 0.494 e. The second-order valence-corrected chi connectivity index (χ2v) is 6.61. The number of ether oxygens (including phenoxy) is 1. The number of thiophene rings is 1. The average Bonchev–Trinajstić information content (AvgIpc) is 2.78. The van der Waals surface area contributed by atoms with Gasteiger partial charge >= 0.3 is 0 Å². The molecule has 1 atom stereocenters. The molecule has 1 heterocycles.